The van der Waals surface area contributed by atoms with Crippen LogP contribution in [-0.4, -0.2) is 17.0 Å². The summed E-state index contributed by atoms with van der Waals surface area (Å²) in [6.07, 6.45) is 1.16. The zero-order chi connectivity index (χ0) is 14.7. The SMILES string of the molecule is Cc1cnc(NC(=O)[C@H](C)Oc2ccc(C)c(C)c2)s1. The lowest BCUT2D eigenvalue weighted by Gasteiger charge is -2.14. The van der Waals surface area contributed by atoms with Crippen molar-refractivity contribution in [3.8, 4) is 5.75 Å². The van der Waals surface area contributed by atoms with Crippen molar-refractivity contribution in [1.82, 2.24) is 4.98 Å². The summed E-state index contributed by atoms with van der Waals surface area (Å²) in [7, 11) is 0. The molecule has 20 heavy (non-hydrogen) atoms. The van der Waals surface area contributed by atoms with Gasteiger partial charge in [-0.05, 0) is 51.0 Å². The Morgan fingerprint density at radius 2 is 2.05 bits per heavy atom. The Balaban J connectivity index is 1.98. The van der Waals surface area contributed by atoms with E-state index in [-0.39, 0.29) is 5.91 Å². The van der Waals surface area contributed by atoms with Gasteiger partial charge in [0, 0.05) is 11.1 Å². The second kappa shape index (κ2) is 6.05. The molecule has 0 spiro atoms. The van der Waals surface area contributed by atoms with Crippen molar-refractivity contribution >= 4 is 22.4 Å². The average Bonchev–Trinajstić information content (AvgIpc) is 2.79. The van der Waals surface area contributed by atoms with Gasteiger partial charge in [-0.1, -0.05) is 6.07 Å². The third-order valence-electron chi connectivity index (χ3n) is 3.01. The number of thiazole rings is 1. The Kier molecular flexibility index (Phi) is 4.39. The zero-order valence-electron chi connectivity index (χ0n) is 12.1. The number of amides is 1. The molecule has 0 saturated heterocycles. The predicted molar refractivity (Wildman–Crippen MR) is 81.5 cm³/mol. The van der Waals surface area contributed by atoms with Gasteiger partial charge in [-0.2, -0.15) is 0 Å². The summed E-state index contributed by atoms with van der Waals surface area (Å²) in [5, 5.41) is 3.35. The van der Waals surface area contributed by atoms with Crippen molar-refractivity contribution in [2.24, 2.45) is 0 Å². The lowest BCUT2D eigenvalue weighted by molar-refractivity contribution is -0.122. The smallest absolute Gasteiger partial charge is 0.266 e. The summed E-state index contributed by atoms with van der Waals surface area (Å²) >= 11 is 1.45. The summed E-state index contributed by atoms with van der Waals surface area (Å²) in [5.41, 5.74) is 2.35. The Hall–Kier alpha value is -1.88. The molecule has 0 aliphatic rings. The van der Waals surface area contributed by atoms with Gasteiger partial charge in [0.2, 0.25) is 0 Å². The van der Waals surface area contributed by atoms with Crippen LogP contribution in [0.15, 0.2) is 24.4 Å². The van der Waals surface area contributed by atoms with Gasteiger partial charge in [-0.25, -0.2) is 4.98 Å². The van der Waals surface area contributed by atoms with Crippen LogP contribution in [0.1, 0.15) is 22.9 Å². The second-order valence-corrected chi connectivity index (χ2v) is 6.01. The number of nitrogens with zero attached hydrogens (tertiary/aromatic N) is 1. The quantitative estimate of drug-likeness (QED) is 0.938. The summed E-state index contributed by atoms with van der Waals surface area (Å²) in [4.78, 5) is 17.2. The molecular formula is C15H18N2O2S. The number of hydrogen-bond donors (Lipinski definition) is 1. The van der Waals surface area contributed by atoms with E-state index in [0.29, 0.717) is 10.9 Å². The van der Waals surface area contributed by atoms with Gasteiger partial charge in [0.25, 0.3) is 5.91 Å². The molecule has 1 N–H and O–H groups in total. The molecule has 106 valence electrons. The highest BCUT2D eigenvalue weighted by Crippen LogP contribution is 2.19. The molecule has 1 aromatic heterocycles. The van der Waals surface area contributed by atoms with Crippen molar-refractivity contribution in [1.29, 1.82) is 0 Å². The number of nitrogens with one attached hydrogen (secondary N) is 1. The topological polar surface area (TPSA) is 51.2 Å². The number of carbonyl (C=O) groups is 1. The Labute approximate surface area is 122 Å². The van der Waals surface area contributed by atoms with E-state index in [1.807, 2.05) is 39.0 Å². The summed E-state index contributed by atoms with van der Waals surface area (Å²) in [6, 6.07) is 5.80. The van der Waals surface area contributed by atoms with Gasteiger partial charge in [-0.15, -0.1) is 11.3 Å². The summed E-state index contributed by atoms with van der Waals surface area (Å²) in [6.45, 7) is 7.73. The number of carbonyl (C=O) groups excluding carboxylic acids is 1. The van der Waals surface area contributed by atoms with E-state index >= 15 is 0 Å². The minimum absolute atomic E-state index is 0.197. The Morgan fingerprint density at radius 3 is 2.65 bits per heavy atom. The lowest BCUT2D eigenvalue weighted by atomic mass is 10.1. The molecule has 0 radical (unpaired) electrons. The molecule has 2 rings (SSSR count). The molecule has 1 amide bonds. The van der Waals surface area contributed by atoms with Crippen LogP contribution in [0.25, 0.3) is 0 Å². The van der Waals surface area contributed by atoms with E-state index in [2.05, 4.69) is 10.3 Å². The van der Waals surface area contributed by atoms with Crippen LogP contribution in [0.5, 0.6) is 5.75 Å². The van der Waals surface area contributed by atoms with Crippen LogP contribution in [0.2, 0.25) is 0 Å². The molecule has 0 unspecified atom stereocenters. The molecule has 1 heterocycles. The minimum atomic E-state index is -0.568. The maximum absolute atomic E-state index is 12.0. The van der Waals surface area contributed by atoms with Crippen molar-refractivity contribution in [2.45, 2.75) is 33.8 Å². The van der Waals surface area contributed by atoms with Crippen molar-refractivity contribution in [3.05, 3.63) is 40.4 Å². The molecular weight excluding hydrogens is 272 g/mol. The van der Waals surface area contributed by atoms with E-state index < -0.39 is 6.10 Å². The number of hydrogen-bond acceptors (Lipinski definition) is 4. The summed E-state index contributed by atoms with van der Waals surface area (Å²) in [5.74, 6) is 0.503. The van der Waals surface area contributed by atoms with Crippen molar-refractivity contribution < 1.29 is 9.53 Å². The van der Waals surface area contributed by atoms with Gasteiger partial charge in [-0.3, -0.25) is 10.1 Å². The van der Waals surface area contributed by atoms with E-state index in [4.69, 9.17) is 4.74 Å². The van der Waals surface area contributed by atoms with E-state index in [1.54, 1.807) is 13.1 Å². The molecule has 0 bridgehead atoms. The molecule has 1 aromatic carbocycles. The highest BCUT2D eigenvalue weighted by Gasteiger charge is 2.16. The molecule has 0 fully saturated rings. The number of aromatic nitrogens is 1. The van der Waals surface area contributed by atoms with Crippen LogP contribution in [0, 0.1) is 20.8 Å². The average molecular weight is 290 g/mol. The van der Waals surface area contributed by atoms with E-state index in [1.165, 1.54) is 16.9 Å². The first-order chi connectivity index (χ1) is 9.45. The standard InChI is InChI=1S/C15H18N2O2S/c1-9-5-6-13(7-10(9)2)19-12(4)14(18)17-15-16-8-11(3)20-15/h5-8,12H,1-4H3,(H,16,17,18)/t12-/m0/s1. The molecule has 4 nitrogen and oxygen atoms in total. The first-order valence-electron chi connectivity index (χ1n) is 6.43. The van der Waals surface area contributed by atoms with E-state index in [9.17, 15) is 4.79 Å². The van der Waals surface area contributed by atoms with Crippen LogP contribution in [0.3, 0.4) is 0 Å². The van der Waals surface area contributed by atoms with Crippen LogP contribution in [0.4, 0.5) is 5.13 Å². The molecule has 0 aliphatic heterocycles. The fourth-order valence-corrected chi connectivity index (χ4v) is 2.33. The molecule has 0 saturated carbocycles. The van der Waals surface area contributed by atoms with Crippen LogP contribution >= 0.6 is 11.3 Å². The Bertz CT molecular complexity index is 622. The zero-order valence-corrected chi connectivity index (χ0v) is 12.9. The number of ether oxygens (including phenoxy) is 1. The summed E-state index contributed by atoms with van der Waals surface area (Å²) < 4.78 is 5.66. The number of aryl methyl sites for hydroxylation is 3. The molecule has 0 aliphatic carbocycles. The van der Waals surface area contributed by atoms with Gasteiger partial charge >= 0.3 is 0 Å². The van der Waals surface area contributed by atoms with Gasteiger partial charge in [0.05, 0.1) is 0 Å². The van der Waals surface area contributed by atoms with Crippen molar-refractivity contribution in [2.75, 3.05) is 5.32 Å². The maximum Gasteiger partial charge on any atom is 0.266 e. The van der Waals surface area contributed by atoms with Crippen molar-refractivity contribution in [3.63, 3.8) is 0 Å². The normalized spacial score (nSPS) is 12.0. The third kappa shape index (κ3) is 3.57. The monoisotopic (exact) mass is 290 g/mol. The highest BCUT2D eigenvalue weighted by atomic mass is 32.1. The fraction of sp³-hybridized carbons (Fsp3) is 0.333. The third-order valence-corrected chi connectivity index (χ3v) is 3.84. The number of rotatable bonds is 4. The number of benzene rings is 1. The van der Waals surface area contributed by atoms with Crippen LogP contribution < -0.4 is 10.1 Å². The predicted octanol–water partition coefficient (Wildman–Crippen LogP) is 3.47. The maximum atomic E-state index is 12.0. The Morgan fingerprint density at radius 1 is 1.30 bits per heavy atom. The van der Waals surface area contributed by atoms with Gasteiger partial charge < -0.3 is 4.74 Å². The second-order valence-electron chi connectivity index (χ2n) is 4.77. The lowest BCUT2D eigenvalue weighted by Crippen LogP contribution is -2.30. The van der Waals surface area contributed by atoms with Gasteiger partial charge in [0.1, 0.15) is 5.75 Å². The molecule has 2 aromatic rings. The minimum Gasteiger partial charge on any atom is -0.481 e. The van der Waals surface area contributed by atoms with E-state index in [0.717, 1.165) is 10.4 Å². The largest absolute Gasteiger partial charge is 0.481 e. The molecule has 5 heteroatoms. The molecule has 1 atom stereocenters. The first-order valence-corrected chi connectivity index (χ1v) is 7.24. The van der Waals surface area contributed by atoms with Crippen LogP contribution in [-0.2, 0) is 4.79 Å². The number of anilines is 1. The first kappa shape index (κ1) is 14.5. The fourth-order valence-electron chi connectivity index (χ4n) is 1.66. The highest BCUT2D eigenvalue weighted by molar-refractivity contribution is 7.15. The van der Waals surface area contributed by atoms with Gasteiger partial charge in [0.15, 0.2) is 11.2 Å².